The Balaban J connectivity index is 2.45. The summed E-state index contributed by atoms with van der Waals surface area (Å²) in [5.74, 6) is 0. The van der Waals surface area contributed by atoms with Gasteiger partial charge in [0.2, 0.25) is 0 Å². The van der Waals surface area contributed by atoms with Gasteiger partial charge in [-0.3, -0.25) is 18.7 Å². The molecule has 0 aliphatic rings. The molecule has 0 aliphatic heterocycles. The fourth-order valence-electron chi connectivity index (χ4n) is 2.63. The normalized spacial score (nSPS) is 12.7. The zero-order chi connectivity index (χ0) is 20.1. The van der Waals surface area contributed by atoms with Gasteiger partial charge in [0.25, 0.3) is 0 Å². The average Bonchev–Trinajstić information content (AvgIpc) is 2.95. The van der Waals surface area contributed by atoms with E-state index in [0.29, 0.717) is 16.3 Å². The summed E-state index contributed by atoms with van der Waals surface area (Å²) in [5, 5.41) is 0. The fraction of sp³-hybridized carbons (Fsp3) is 0.214. The summed E-state index contributed by atoms with van der Waals surface area (Å²) in [4.78, 5) is 47.9. The molecule has 9 nitrogen and oxygen atoms in total. The number of halogens is 3. The Hall–Kier alpha value is -2.69. The number of hydrogen-bond donors (Lipinski definition) is 3. The Labute approximate surface area is 147 Å². The van der Waals surface area contributed by atoms with Gasteiger partial charge in [0, 0.05) is 6.20 Å². The Bertz CT molecular complexity index is 1200. The summed E-state index contributed by atoms with van der Waals surface area (Å²) in [6, 6.07) is 1.53. The molecule has 3 aromatic rings. The van der Waals surface area contributed by atoms with Crippen LogP contribution in [0.25, 0.3) is 16.7 Å². The lowest BCUT2D eigenvalue weighted by Gasteiger charge is -2.17. The van der Waals surface area contributed by atoms with E-state index in [2.05, 4.69) is 4.98 Å². The van der Waals surface area contributed by atoms with Gasteiger partial charge in [0.1, 0.15) is 6.29 Å². The van der Waals surface area contributed by atoms with E-state index < -0.39 is 42.4 Å². The van der Waals surface area contributed by atoms with E-state index in [1.54, 1.807) is 6.92 Å². The summed E-state index contributed by atoms with van der Waals surface area (Å²) >= 11 is 0. The van der Waals surface area contributed by atoms with Crippen LogP contribution < -0.4 is 11.1 Å². The predicted molar refractivity (Wildman–Crippen MR) is 87.7 cm³/mol. The number of rotatable bonds is 3. The lowest BCUT2D eigenvalue weighted by Crippen LogP contribution is -2.36. The first-order valence-corrected chi connectivity index (χ1v) is 9.10. The van der Waals surface area contributed by atoms with Crippen LogP contribution in [-0.2, 0) is 17.0 Å². The van der Waals surface area contributed by atoms with Crippen LogP contribution in [0.2, 0.25) is 0 Å². The summed E-state index contributed by atoms with van der Waals surface area (Å²) in [6.45, 7) is 1.56. The minimum Gasteiger partial charge on any atom is -0.323 e. The molecule has 2 aromatic heterocycles. The molecule has 0 atom stereocenters. The lowest BCUT2D eigenvalue weighted by atomic mass is 10.1. The number of nitrogens with zero attached hydrogens (tertiary/aromatic N) is 3. The molecule has 0 bridgehead atoms. The molecular weight excluding hydrogens is 392 g/mol. The summed E-state index contributed by atoms with van der Waals surface area (Å²) in [7, 11) is -4.80. The van der Waals surface area contributed by atoms with E-state index in [0.717, 1.165) is 17.0 Å². The first-order chi connectivity index (χ1) is 12.4. The predicted octanol–water partition coefficient (Wildman–Crippen LogP) is 1.34. The average molecular weight is 404 g/mol. The molecule has 0 aliphatic carbocycles. The Morgan fingerprint density at radius 1 is 1.26 bits per heavy atom. The molecule has 0 spiro atoms. The van der Waals surface area contributed by atoms with Crippen molar-refractivity contribution in [2.24, 2.45) is 0 Å². The minimum atomic E-state index is -4.80. The minimum absolute atomic E-state index is 0.266. The topological polar surface area (TPSA) is 130 Å². The number of H-pyrrole nitrogens is 1. The monoisotopic (exact) mass is 404 g/mol. The summed E-state index contributed by atoms with van der Waals surface area (Å²) in [6.07, 6.45) is -3.51. The van der Waals surface area contributed by atoms with Gasteiger partial charge in [-0.15, -0.1) is 0 Å². The van der Waals surface area contributed by atoms with E-state index >= 15 is 0 Å². The molecule has 3 N–H and O–H groups in total. The van der Waals surface area contributed by atoms with Crippen molar-refractivity contribution in [3.63, 3.8) is 0 Å². The molecule has 1 aromatic carbocycles. The SMILES string of the molecule is Cc1cn(-c2cc3c(cc2C(F)(F)F)[nH]c(=O)c(=O)n3CP(=O)(O)O)cn1. The van der Waals surface area contributed by atoms with Gasteiger partial charge in [-0.25, -0.2) is 4.98 Å². The van der Waals surface area contributed by atoms with Crippen molar-refractivity contribution in [3.8, 4) is 5.69 Å². The van der Waals surface area contributed by atoms with Crippen LogP contribution in [0.1, 0.15) is 11.3 Å². The van der Waals surface area contributed by atoms with Crippen LogP contribution in [0.5, 0.6) is 0 Å². The molecular formula is C14H12F3N4O5P. The molecule has 0 unspecified atom stereocenters. The highest BCUT2D eigenvalue weighted by Crippen LogP contribution is 2.39. The Kier molecular flexibility index (Phi) is 4.37. The molecule has 0 amide bonds. The van der Waals surface area contributed by atoms with Crippen LogP contribution in [0.4, 0.5) is 13.2 Å². The van der Waals surface area contributed by atoms with Gasteiger partial charge >= 0.3 is 24.9 Å². The van der Waals surface area contributed by atoms with E-state index in [-0.39, 0.29) is 11.0 Å². The number of alkyl halides is 3. The van der Waals surface area contributed by atoms with Crippen LogP contribution >= 0.6 is 7.60 Å². The van der Waals surface area contributed by atoms with Crippen molar-refractivity contribution in [2.45, 2.75) is 19.4 Å². The number of aromatic amines is 1. The van der Waals surface area contributed by atoms with Crippen LogP contribution in [0.15, 0.2) is 34.2 Å². The number of nitrogens with one attached hydrogen (secondary N) is 1. The first-order valence-electron chi connectivity index (χ1n) is 7.30. The van der Waals surface area contributed by atoms with Crippen molar-refractivity contribution in [3.05, 3.63) is 56.6 Å². The Morgan fingerprint density at radius 3 is 2.44 bits per heavy atom. The molecule has 0 saturated heterocycles. The largest absolute Gasteiger partial charge is 0.418 e. The van der Waals surface area contributed by atoms with Crippen LogP contribution in [0, 0.1) is 6.92 Å². The molecule has 0 fully saturated rings. The number of aryl methyl sites for hydroxylation is 1. The van der Waals surface area contributed by atoms with E-state index in [9.17, 15) is 27.3 Å². The number of benzene rings is 1. The second kappa shape index (κ2) is 6.19. The van der Waals surface area contributed by atoms with Crippen molar-refractivity contribution >= 4 is 18.6 Å². The van der Waals surface area contributed by atoms with Gasteiger partial charge in [-0.2, -0.15) is 13.2 Å². The lowest BCUT2D eigenvalue weighted by molar-refractivity contribution is -0.137. The second-order valence-electron chi connectivity index (χ2n) is 5.80. The highest BCUT2D eigenvalue weighted by Gasteiger charge is 2.35. The fourth-order valence-corrected chi connectivity index (χ4v) is 3.28. The molecule has 13 heteroatoms. The van der Waals surface area contributed by atoms with E-state index in [1.807, 2.05) is 4.98 Å². The highest BCUT2D eigenvalue weighted by molar-refractivity contribution is 7.50. The van der Waals surface area contributed by atoms with Crippen LogP contribution in [0.3, 0.4) is 0 Å². The third kappa shape index (κ3) is 3.72. The maximum Gasteiger partial charge on any atom is 0.418 e. The summed E-state index contributed by atoms with van der Waals surface area (Å²) in [5.41, 5.74) is -4.35. The maximum atomic E-state index is 13.5. The zero-order valence-electron chi connectivity index (χ0n) is 13.6. The van der Waals surface area contributed by atoms with Crippen molar-refractivity contribution in [1.82, 2.24) is 19.1 Å². The molecule has 144 valence electrons. The molecule has 27 heavy (non-hydrogen) atoms. The third-order valence-electron chi connectivity index (χ3n) is 3.71. The zero-order valence-corrected chi connectivity index (χ0v) is 14.5. The molecule has 0 saturated carbocycles. The number of fused-ring (bicyclic) bond motifs is 1. The van der Waals surface area contributed by atoms with Crippen LogP contribution in [-0.4, -0.2) is 28.9 Å². The quantitative estimate of drug-likeness (QED) is 0.446. The number of aromatic nitrogens is 4. The first kappa shape index (κ1) is 19.1. The smallest absolute Gasteiger partial charge is 0.323 e. The van der Waals surface area contributed by atoms with Gasteiger partial charge in [0.05, 0.1) is 34.3 Å². The van der Waals surface area contributed by atoms with E-state index in [4.69, 9.17) is 9.79 Å². The van der Waals surface area contributed by atoms with Gasteiger partial charge in [-0.05, 0) is 19.1 Å². The van der Waals surface area contributed by atoms with Crippen molar-refractivity contribution in [1.29, 1.82) is 0 Å². The van der Waals surface area contributed by atoms with Gasteiger partial charge < -0.3 is 19.3 Å². The maximum absolute atomic E-state index is 13.5. The summed E-state index contributed by atoms with van der Waals surface area (Å²) < 4.78 is 53.3. The Morgan fingerprint density at radius 2 is 1.93 bits per heavy atom. The standard InChI is InChI=1S/C14H12F3N4O5P/c1-7-4-20(5-18-7)10-3-11-9(2-8(10)14(15,16)17)19-12(22)13(23)21(11)6-27(24,25)26/h2-5H,6H2,1H3,(H,19,22)(H2,24,25,26). The number of hydrogen-bond acceptors (Lipinski definition) is 4. The second-order valence-corrected chi connectivity index (χ2v) is 7.41. The molecule has 2 heterocycles. The van der Waals surface area contributed by atoms with Crippen molar-refractivity contribution < 1.29 is 27.5 Å². The van der Waals surface area contributed by atoms with Crippen molar-refractivity contribution in [2.75, 3.05) is 0 Å². The van der Waals surface area contributed by atoms with Gasteiger partial charge in [-0.1, -0.05) is 0 Å². The molecule has 0 radical (unpaired) electrons. The number of imidazole rings is 1. The van der Waals surface area contributed by atoms with E-state index in [1.165, 1.54) is 6.20 Å². The molecule has 3 rings (SSSR count). The van der Waals surface area contributed by atoms with Gasteiger partial charge in [0.15, 0.2) is 0 Å². The third-order valence-corrected chi connectivity index (χ3v) is 4.36. The highest BCUT2D eigenvalue weighted by atomic mass is 31.2.